The van der Waals surface area contributed by atoms with E-state index in [4.69, 9.17) is 9.72 Å². The molecule has 0 radical (unpaired) electrons. The lowest BCUT2D eigenvalue weighted by molar-refractivity contribution is 0.483. The van der Waals surface area contributed by atoms with Gasteiger partial charge < -0.3 is 4.74 Å². The minimum atomic E-state index is 0.117. The molecule has 0 bridgehead atoms. The molecule has 0 fully saturated rings. The van der Waals surface area contributed by atoms with Gasteiger partial charge in [0.25, 0.3) is 0 Å². The number of halogens is 1. The molecule has 7 rings (SSSR count). The number of hydrogen-bond donors (Lipinski definition) is 0. The molecule has 2 aromatic heterocycles. The van der Waals surface area contributed by atoms with Crippen molar-refractivity contribution in [2.45, 2.75) is 33.1 Å². The van der Waals surface area contributed by atoms with Gasteiger partial charge in [-0.25, -0.2) is 4.98 Å². The average molecular weight is 638 g/mol. The van der Waals surface area contributed by atoms with E-state index in [-0.39, 0.29) is 5.41 Å². The number of fused-ring (bicyclic) bond motifs is 3. The third-order valence-electron chi connectivity index (χ3n) is 8.26. The Morgan fingerprint density at radius 3 is 2.11 bits per heavy atom. The van der Waals surface area contributed by atoms with E-state index >= 15 is 0 Å². The maximum Gasteiger partial charge on any atom is 0.137 e. The van der Waals surface area contributed by atoms with E-state index in [0.29, 0.717) is 0 Å². The quantitative estimate of drug-likeness (QED) is 0.188. The van der Waals surface area contributed by atoms with Gasteiger partial charge in [0.15, 0.2) is 0 Å². The summed E-state index contributed by atoms with van der Waals surface area (Å²) in [5.41, 5.74) is 9.46. The molecule has 2 heterocycles. The number of rotatable bonds is 5. The predicted octanol–water partition coefficient (Wildman–Crippen LogP) is 11.7. The molecule has 0 N–H and O–H groups in total. The smallest absolute Gasteiger partial charge is 0.137 e. The van der Waals surface area contributed by atoms with E-state index in [1.54, 1.807) is 0 Å². The molecule has 44 heavy (non-hydrogen) atoms. The molecule has 0 aliphatic rings. The zero-order valence-electron chi connectivity index (χ0n) is 25.3. The van der Waals surface area contributed by atoms with Crippen molar-refractivity contribution < 1.29 is 4.74 Å². The van der Waals surface area contributed by atoms with Crippen LogP contribution in [0.2, 0.25) is 0 Å². The molecule has 7 aromatic rings. The topological polar surface area (TPSA) is 27.1 Å². The lowest BCUT2D eigenvalue weighted by Gasteiger charge is -2.19. The normalized spacial score (nSPS) is 11.8. The summed E-state index contributed by atoms with van der Waals surface area (Å²) < 4.78 is 9.55. The van der Waals surface area contributed by atoms with Gasteiger partial charge in [0.2, 0.25) is 0 Å². The first kappa shape index (κ1) is 28.1. The molecule has 0 amide bonds. The van der Waals surface area contributed by atoms with Crippen molar-refractivity contribution in [1.82, 2.24) is 9.55 Å². The van der Waals surface area contributed by atoms with Crippen LogP contribution in [0.1, 0.15) is 31.9 Å². The fraction of sp³-hybridized carbons (Fsp3) is 0.125. The zero-order valence-corrected chi connectivity index (χ0v) is 26.9. The van der Waals surface area contributed by atoms with Crippen molar-refractivity contribution in [2.24, 2.45) is 0 Å². The number of hydrogen-bond acceptors (Lipinski definition) is 2. The summed E-state index contributed by atoms with van der Waals surface area (Å²) in [6, 6.07) is 42.5. The Balaban J connectivity index is 1.38. The van der Waals surface area contributed by atoms with Crippen LogP contribution in [-0.2, 0) is 5.41 Å². The van der Waals surface area contributed by atoms with Gasteiger partial charge in [0.05, 0.1) is 11.0 Å². The maximum absolute atomic E-state index is 6.32. The second kappa shape index (κ2) is 11.1. The van der Waals surface area contributed by atoms with Crippen molar-refractivity contribution >= 4 is 37.7 Å². The van der Waals surface area contributed by atoms with Gasteiger partial charge in [-0.15, -0.1) is 0 Å². The molecule has 0 aliphatic heterocycles. The first-order valence-electron chi connectivity index (χ1n) is 14.9. The van der Waals surface area contributed by atoms with Gasteiger partial charge in [0.1, 0.15) is 17.3 Å². The molecule has 0 unspecified atom stereocenters. The lowest BCUT2D eigenvalue weighted by Crippen LogP contribution is -2.10. The third-order valence-corrected chi connectivity index (χ3v) is 8.76. The van der Waals surface area contributed by atoms with Gasteiger partial charge in [0, 0.05) is 33.1 Å². The van der Waals surface area contributed by atoms with Gasteiger partial charge in [-0.05, 0) is 88.7 Å². The number of aromatic nitrogens is 2. The highest BCUT2D eigenvalue weighted by Gasteiger charge is 2.17. The Bertz CT molecular complexity index is 2140. The van der Waals surface area contributed by atoms with Crippen molar-refractivity contribution in [3.05, 3.63) is 143 Å². The summed E-state index contributed by atoms with van der Waals surface area (Å²) in [4.78, 5) is 5.05. The summed E-state index contributed by atoms with van der Waals surface area (Å²) in [6.45, 7) is 8.90. The Morgan fingerprint density at radius 1 is 0.636 bits per heavy atom. The monoisotopic (exact) mass is 636 g/mol. The van der Waals surface area contributed by atoms with Crippen molar-refractivity contribution in [3.63, 3.8) is 0 Å². The van der Waals surface area contributed by atoms with E-state index in [9.17, 15) is 0 Å². The Labute approximate surface area is 266 Å². The van der Waals surface area contributed by atoms with E-state index in [1.807, 2.05) is 36.5 Å². The van der Waals surface area contributed by atoms with Crippen LogP contribution >= 0.6 is 15.9 Å². The predicted molar refractivity (Wildman–Crippen MR) is 187 cm³/mol. The third kappa shape index (κ3) is 5.31. The fourth-order valence-corrected chi connectivity index (χ4v) is 6.28. The summed E-state index contributed by atoms with van der Waals surface area (Å²) >= 11 is 3.56. The summed E-state index contributed by atoms with van der Waals surface area (Å²) in [7, 11) is 0. The van der Waals surface area contributed by atoms with E-state index in [1.165, 1.54) is 33.2 Å². The van der Waals surface area contributed by atoms with Crippen LogP contribution in [0, 0.1) is 6.92 Å². The number of benzene rings is 5. The molecule has 0 spiro atoms. The molecule has 216 valence electrons. The van der Waals surface area contributed by atoms with Gasteiger partial charge in [-0.2, -0.15) is 0 Å². The first-order valence-corrected chi connectivity index (χ1v) is 15.7. The fourth-order valence-electron chi connectivity index (χ4n) is 5.90. The van der Waals surface area contributed by atoms with Gasteiger partial charge in [-0.1, -0.05) is 103 Å². The highest BCUT2D eigenvalue weighted by Crippen LogP contribution is 2.38. The molecular formula is C40H33BrN2O. The second-order valence-electron chi connectivity index (χ2n) is 12.4. The van der Waals surface area contributed by atoms with Gasteiger partial charge in [-0.3, -0.25) is 4.57 Å². The zero-order chi connectivity index (χ0) is 30.4. The van der Waals surface area contributed by atoms with E-state index in [0.717, 1.165) is 43.8 Å². The van der Waals surface area contributed by atoms with Crippen molar-refractivity contribution in [1.29, 1.82) is 0 Å². The Morgan fingerprint density at radius 2 is 1.39 bits per heavy atom. The number of ether oxygens (including phenoxy) is 1. The SMILES string of the molecule is Cc1cc(-n2c3ccc(-c4ccccc4)cc3c3ccc(Oc4cccc(Br)c4)cc32)ncc1-c1ccc(C(C)(C)C)cc1. The minimum Gasteiger partial charge on any atom is -0.457 e. The molecule has 3 nitrogen and oxygen atoms in total. The lowest BCUT2D eigenvalue weighted by atomic mass is 9.86. The van der Waals surface area contributed by atoms with Crippen LogP contribution in [0.15, 0.2) is 132 Å². The molecule has 0 atom stereocenters. The number of nitrogens with zero attached hydrogens (tertiary/aromatic N) is 2. The minimum absolute atomic E-state index is 0.117. The molecular weight excluding hydrogens is 604 g/mol. The second-order valence-corrected chi connectivity index (χ2v) is 13.3. The molecule has 4 heteroatoms. The summed E-state index contributed by atoms with van der Waals surface area (Å²) in [5, 5.41) is 2.33. The van der Waals surface area contributed by atoms with Crippen LogP contribution < -0.4 is 4.74 Å². The highest BCUT2D eigenvalue weighted by atomic mass is 79.9. The van der Waals surface area contributed by atoms with E-state index in [2.05, 4.69) is 139 Å². The van der Waals surface area contributed by atoms with Crippen molar-refractivity contribution in [3.8, 4) is 39.6 Å². The maximum atomic E-state index is 6.32. The summed E-state index contributed by atoms with van der Waals surface area (Å²) in [6.07, 6.45) is 2.01. The number of aryl methyl sites for hydroxylation is 1. The summed E-state index contributed by atoms with van der Waals surface area (Å²) in [5.74, 6) is 2.43. The number of pyridine rings is 1. The van der Waals surface area contributed by atoms with Crippen molar-refractivity contribution in [2.75, 3.05) is 0 Å². The van der Waals surface area contributed by atoms with Gasteiger partial charge >= 0.3 is 0 Å². The standard InChI is InChI=1S/C40H33BrN2O/c1-26-21-39(42-25-36(26)28-13-16-30(17-14-28)40(2,3)4)43-37-20-15-29(27-9-6-5-7-10-27)22-35(37)34-19-18-33(24-38(34)43)44-32-12-8-11-31(41)23-32/h5-25H,1-4H3. The van der Waals surface area contributed by atoms with Crippen LogP contribution in [0.25, 0.3) is 49.9 Å². The van der Waals surface area contributed by atoms with Crippen LogP contribution in [0.4, 0.5) is 0 Å². The molecule has 5 aromatic carbocycles. The Kier molecular flexibility index (Phi) is 7.10. The molecule has 0 saturated carbocycles. The highest BCUT2D eigenvalue weighted by molar-refractivity contribution is 9.10. The van der Waals surface area contributed by atoms with Crippen LogP contribution in [0.3, 0.4) is 0 Å². The van der Waals surface area contributed by atoms with Crippen LogP contribution in [-0.4, -0.2) is 9.55 Å². The largest absolute Gasteiger partial charge is 0.457 e. The molecule has 0 aliphatic carbocycles. The first-order chi connectivity index (χ1) is 21.2. The van der Waals surface area contributed by atoms with E-state index < -0.39 is 0 Å². The molecule has 0 saturated heterocycles. The van der Waals surface area contributed by atoms with Crippen LogP contribution in [0.5, 0.6) is 11.5 Å². The Hall–Kier alpha value is -4.67. The average Bonchev–Trinajstić information content (AvgIpc) is 3.34.